The van der Waals surface area contributed by atoms with Crippen molar-refractivity contribution in [2.45, 2.75) is 31.7 Å². The van der Waals surface area contributed by atoms with E-state index in [1.165, 1.54) is 9.08 Å². The van der Waals surface area contributed by atoms with Crippen LogP contribution in [0.3, 0.4) is 0 Å². The number of amides is 1. The highest BCUT2D eigenvalue weighted by Crippen LogP contribution is 2.23. The molecule has 0 aliphatic rings. The van der Waals surface area contributed by atoms with E-state index in [4.69, 9.17) is 0 Å². The summed E-state index contributed by atoms with van der Waals surface area (Å²) in [6.07, 6.45) is 2.13. The summed E-state index contributed by atoms with van der Waals surface area (Å²) in [4.78, 5) is 25.3. The minimum absolute atomic E-state index is 0.167. The van der Waals surface area contributed by atoms with Gasteiger partial charge >= 0.3 is 5.69 Å². The Morgan fingerprint density at radius 1 is 1.03 bits per heavy atom. The van der Waals surface area contributed by atoms with Gasteiger partial charge in [-0.15, -0.1) is 5.10 Å². The Balaban J connectivity index is 1.42. The Labute approximate surface area is 197 Å². The summed E-state index contributed by atoms with van der Waals surface area (Å²) < 4.78 is 31.3. The van der Waals surface area contributed by atoms with Gasteiger partial charge in [-0.05, 0) is 61.7 Å². The molecule has 0 unspecified atom stereocenters. The molecule has 0 aliphatic carbocycles. The fraction of sp³-hybridized carbons (Fsp3) is 0.208. The van der Waals surface area contributed by atoms with Crippen molar-refractivity contribution < 1.29 is 13.2 Å². The fourth-order valence-electron chi connectivity index (χ4n) is 3.61. The first-order chi connectivity index (χ1) is 16.3. The van der Waals surface area contributed by atoms with Crippen molar-refractivity contribution in [3.63, 3.8) is 0 Å². The highest BCUT2D eigenvalue weighted by atomic mass is 32.2. The number of hydrogen-bond acceptors (Lipinski definition) is 5. The number of aromatic nitrogens is 3. The van der Waals surface area contributed by atoms with Crippen LogP contribution in [-0.2, 0) is 16.6 Å². The van der Waals surface area contributed by atoms with Crippen molar-refractivity contribution in [1.29, 1.82) is 0 Å². The van der Waals surface area contributed by atoms with Gasteiger partial charge in [0.2, 0.25) is 0 Å². The molecule has 0 saturated heterocycles. The zero-order chi connectivity index (χ0) is 24.3. The zero-order valence-electron chi connectivity index (χ0n) is 18.9. The van der Waals surface area contributed by atoms with Gasteiger partial charge in [-0.3, -0.25) is 13.9 Å². The van der Waals surface area contributed by atoms with Gasteiger partial charge < -0.3 is 5.32 Å². The van der Waals surface area contributed by atoms with Gasteiger partial charge in [0.1, 0.15) is 0 Å². The second-order valence-electron chi connectivity index (χ2n) is 7.96. The highest BCUT2D eigenvalue weighted by Gasteiger charge is 2.20. The first kappa shape index (κ1) is 23.2. The van der Waals surface area contributed by atoms with Crippen LogP contribution >= 0.6 is 0 Å². The summed E-state index contributed by atoms with van der Waals surface area (Å²) in [5.74, 6) is -0.415. The molecule has 4 aromatic rings. The number of nitrogens with one attached hydrogen (secondary N) is 2. The number of aryl methyl sites for hydroxylation is 3. The molecule has 0 saturated carbocycles. The van der Waals surface area contributed by atoms with Gasteiger partial charge in [0, 0.05) is 19.3 Å². The fourth-order valence-corrected chi connectivity index (χ4v) is 5.02. The Bertz CT molecular complexity index is 1520. The molecule has 9 nitrogen and oxygen atoms in total. The number of rotatable bonds is 8. The van der Waals surface area contributed by atoms with E-state index in [1.54, 1.807) is 67.7 Å². The van der Waals surface area contributed by atoms with Crippen LogP contribution in [0.1, 0.15) is 27.9 Å². The van der Waals surface area contributed by atoms with Crippen LogP contribution in [0.5, 0.6) is 0 Å². The lowest BCUT2D eigenvalue weighted by atomic mass is 10.1. The summed E-state index contributed by atoms with van der Waals surface area (Å²) >= 11 is 0. The molecule has 34 heavy (non-hydrogen) atoms. The van der Waals surface area contributed by atoms with E-state index in [1.807, 2.05) is 13.0 Å². The van der Waals surface area contributed by atoms with E-state index in [0.29, 0.717) is 24.2 Å². The Morgan fingerprint density at radius 3 is 2.59 bits per heavy atom. The van der Waals surface area contributed by atoms with E-state index >= 15 is 0 Å². The van der Waals surface area contributed by atoms with E-state index in [2.05, 4.69) is 15.1 Å². The number of carbonyl (C=O) groups is 1. The van der Waals surface area contributed by atoms with Crippen LogP contribution in [0, 0.1) is 13.8 Å². The number of pyridine rings is 1. The number of hydrogen-bond donors (Lipinski definition) is 2. The highest BCUT2D eigenvalue weighted by molar-refractivity contribution is 7.92. The summed E-state index contributed by atoms with van der Waals surface area (Å²) in [7, 11) is -3.88. The van der Waals surface area contributed by atoms with Crippen LogP contribution in [0.25, 0.3) is 5.65 Å². The van der Waals surface area contributed by atoms with Gasteiger partial charge in [-0.2, -0.15) is 0 Å². The summed E-state index contributed by atoms with van der Waals surface area (Å²) in [6.45, 7) is 4.17. The third-order valence-corrected chi connectivity index (χ3v) is 6.88. The SMILES string of the molecule is Cc1ccc(C)c(S(=O)(=O)Nc2ccccc2C(=O)NCCCn2nc3ccccn3c2=O)c1. The van der Waals surface area contributed by atoms with E-state index < -0.39 is 15.9 Å². The first-order valence-corrected chi connectivity index (χ1v) is 12.3. The molecule has 2 N–H and O–H groups in total. The third kappa shape index (κ3) is 4.86. The van der Waals surface area contributed by atoms with E-state index in [-0.39, 0.29) is 28.4 Å². The van der Waals surface area contributed by atoms with E-state index in [0.717, 1.165) is 5.56 Å². The number of sulfonamides is 1. The number of para-hydroxylation sites is 1. The summed E-state index contributed by atoms with van der Waals surface area (Å²) in [6, 6.07) is 16.9. The van der Waals surface area contributed by atoms with Gasteiger partial charge in [-0.1, -0.05) is 30.3 Å². The number of nitrogens with zero attached hydrogens (tertiary/aromatic N) is 3. The van der Waals surface area contributed by atoms with Crippen molar-refractivity contribution in [2.24, 2.45) is 0 Å². The smallest absolute Gasteiger partial charge is 0.350 e. The second-order valence-corrected chi connectivity index (χ2v) is 9.61. The van der Waals surface area contributed by atoms with Crippen molar-refractivity contribution in [3.05, 3.63) is 94.0 Å². The number of benzene rings is 2. The standard InChI is InChI=1S/C24H25N5O4S/c1-17-11-12-18(2)21(16-17)34(32,33)27-20-9-4-3-8-19(20)23(30)25-13-7-15-29-24(31)28-14-6-5-10-22(28)26-29/h3-6,8-12,14,16,27H,7,13,15H2,1-2H3,(H,25,30). The molecule has 176 valence electrons. The molecule has 1 amide bonds. The van der Waals surface area contributed by atoms with Crippen molar-refractivity contribution in [2.75, 3.05) is 11.3 Å². The lowest BCUT2D eigenvalue weighted by molar-refractivity contribution is 0.0953. The second kappa shape index (κ2) is 9.52. The van der Waals surface area contributed by atoms with Crippen LogP contribution in [0.15, 0.2) is 76.6 Å². The molecule has 0 aliphatic heterocycles. The topological polar surface area (TPSA) is 115 Å². The summed E-state index contributed by atoms with van der Waals surface area (Å²) in [5.41, 5.74) is 2.15. The van der Waals surface area contributed by atoms with Crippen molar-refractivity contribution in [3.8, 4) is 0 Å². The Morgan fingerprint density at radius 2 is 1.79 bits per heavy atom. The molecular formula is C24H25N5O4S. The molecule has 10 heteroatoms. The van der Waals surface area contributed by atoms with Crippen molar-refractivity contribution in [1.82, 2.24) is 19.5 Å². The van der Waals surface area contributed by atoms with Gasteiger partial charge in [0.15, 0.2) is 5.65 Å². The minimum Gasteiger partial charge on any atom is -0.352 e. The lowest BCUT2D eigenvalue weighted by Gasteiger charge is -2.14. The maximum absolute atomic E-state index is 13.0. The monoisotopic (exact) mass is 479 g/mol. The zero-order valence-corrected chi connectivity index (χ0v) is 19.7. The minimum atomic E-state index is -3.88. The number of carbonyl (C=O) groups excluding carboxylic acids is 1. The number of fused-ring (bicyclic) bond motifs is 1. The predicted molar refractivity (Wildman–Crippen MR) is 130 cm³/mol. The average Bonchev–Trinajstić information content (AvgIpc) is 3.14. The third-order valence-electron chi connectivity index (χ3n) is 5.37. The first-order valence-electron chi connectivity index (χ1n) is 10.8. The van der Waals surface area contributed by atoms with Crippen molar-refractivity contribution >= 4 is 27.3 Å². The quantitative estimate of drug-likeness (QED) is 0.377. The van der Waals surface area contributed by atoms with Crippen LogP contribution in [-0.4, -0.2) is 35.1 Å². The predicted octanol–water partition coefficient (Wildman–Crippen LogP) is 2.73. The number of anilines is 1. The normalized spacial score (nSPS) is 11.5. The largest absolute Gasteiger partial charge is 0.352 e. The average molecular weight is 480 g/mol. The van der Waals surface area contributed by atoms with Crippen LogP contribution in [0.2, 0.25) is 0 Å². The molecule has 0 fully saturated rings. The molecule has 2 aromatic heterocycles. The van der Waals surface area contributed by atoms with Gasteiger partial charge in [0.25, 0.3) is 15.9 Å². The molecule has 0 spiro atoms. The van der Waals surface area contributed by atoms with Crippen LogP contribution in [0.4, 0.5) is 5.69 Å². The molecule has 2 heterocycles. The van der Waals surface area contributed by atoms with Gasteiger partial charge in [0.05, 0.1) is 16.1 Å². The summed E-state index contributed by atoms with van der Waals surface area (Å²) in [5, 5.41) is 7.05. The van der Waals surface area contributed by atoms with Crippen LogP contribution < -0.4 is 15.7 Å². The lowest BCUT2D eigenvalue weighted by Crippen LogP contribution is -2.28. The molecule has 4 rings (SSSR count). The van der Waals surface area contributed by atoms with E-state index in [9.17, 15) is 18.0 Å². The van der Waals surface area contributed by atoms with Gasteiger partial charge in [-0.25, -0.2) is 17.9 Å². The maximum Gasteiger partial charge on any atom is 0.350 e. The molecule has 0 radical (unpaired) electrons. The Kier molecular flexibility index (Phi) is 6.51. The molecule has 0 bridgehead atoms. The molecule has 2 aromatic carbocycles. The Hall–Kier alpha value is -3.92. The molecular weight excluding hydrogens is 454 g/mol. The maximum atomic E-state index is 13.0. The molecule has 0 atom stereocenters.